The Bertz CT molecular complexity index is 597. The normalized spacial score (nSPS) is 36.7. The van der Waals surface area contributed by atoms with Crippen molar-refractivity contribution in [3.05, 3.63) is 30.3 Å². The molecule has 1 aliphatic heterocycles. The fourth-order valence-corrected chi connectivity index (χ4v) is 7.28. The van der Waals surface area contributed by atoms with Crippen molar-refractivity contribution in [2.24, 2.45) is 23.2 Å². The number of benzene rings is 1. The maximum absolute atomic E-state index is 5.97. The highest BCUT2D eigenvalue weighted by Gasteiger charge is 2.51. The molecule has 0 N–H and O–H groups in total. The van der Waals surface area contributed by atoms with Crippen LogP contribution in [0.2, 0.25) is 0 Å². The van der Waals surface area contributed by atoms with Crippen LogP contribution in [-0.4, -0.2) is 36.1 Å². The van der Waals surface area contributed by atoms with Crippen LogP contribution in [-0.2, 0) is 0 Å². The van der Waals surface area contributed by atoms with Gasteiger partial charge in [-0.05, 0) is 73.8 Å². The van der Waals surface area contributed by atoms with Gasteiger partial charge in [-0.25, -0.2) is 0 Å². The zero-order valence-electron chi connectivity index (χ0n) is 15.2. The number of nitrogens with zero attached hydrogens (tertiary/aromatic N) is 2. The Labute approximate surface area is 157 Å². The molecule has 0 atom stereocenters. The van der Waals surface area contributed by atoms with Crippen LogP contribution in [0.1, 0.15) is 44.9 Å². The Morgan fingerprint density at radius 1 is 0.880 bits per heavy atom. The number of thiocarbonyl (C=S) groups is 1. The summed E-state index contributed by atoms with van der Waals surface area (Å²) in [5, 5.41) is 0. The van der Waals surface area contributed by atoms with E-state index in [0.717, 1.165) is 43.9 Å². The van der Waals surface area contributed by atoms with E-state index >= 15 is 0 Å². The molecule has 134 valence electrons. The molecule has 0 unspecified atom stereocenters. The Morgan fingerprint density at radius 2 is 1.44 bits per heavy atom. The van der Waals surface area contributed by atoms with Crippen LogP contribution in [0.25, 0.3) is 0 Å². The van der Waals surface area contributed by atoms with Gasteiger partial charge in [0.05, 0.1) is 4.99 Å². The van der Waals surface area contributed by atoms with Gasteiger partial charge in [0.2, 0.25) is 0 Å². The fraction of sp³-hybridized carbons (Fsp3) is 0.682. The highest BCUT2D eigenvalue weighted by molar-refractivity contribution is 7.80. The molecule has 5 fully saturated rings. The predicted octanol–water partition coefficient (Wildman–Crippen LogP) is 4.74. The van der Waals surface area contributed by atoms with Gasteiger partial charge in [-0.2, -0.15) is 0 Å². The summed E-state index contributed by atoms with van der Waals surface area (Å²) in [5.41, 5.74) is 1.94. The molecule has 5 aliphatic rings. The quantitative estimate of drug-likeness (QED) is 0.724. The number of anilines is 1. The topological polar surface area (TPSA) is 6.48 Å². The van der Waals surface area contributed by atoms with Crippen molar-refractivity contribution < 1.29 is 0 Å². The van der Waals surface area contributed by atoms with Crippen molar-refractivity contribution >= 4 is 22.9 Å². The van der Waals surface area contributed by atoms with E-state index in [1.165, 1.54) is 55.6 Å². The highest BCUT2D eigenvalue weighted by Crippen LogP contribution is 2.61. The average molecular weight is 355 g/mol. The Morgan fingerprint density at radius 3 is 2.00 bits per heavy atom. The largest absolute Gasteiger partial charge is 0.368 e. The molecule has 4 bridgehead atoms. The molecule has 1 aromatic carbocycles. The van der Waals surface area contributed by atoms with E-state index in [-0.39, 0.29) is 0 Å². The Hall–Kier alpha value is -1.09. The lowest BCUT2D eigenvalue weighted by molar-refractivity contribution is -0.0490. The van der Waals surface area contributed by atoms with Gasteiger partial charge in [-0.15, -0.1) is 0 Å². The summed E-state index contributed by atoms with van der Waals surface area (Å²) >= 11 is 5.97. The molecular formula is C22H30N2S. The minimum absolute atomic E-state index is 0.586. The van der Waals surface area contributed by atoms with E-state index in [1.807, 2.05) is 0 Å². The van der Waals surface area contributed by atoms with Gasteiger partial charge >= 0.3 is 0 Å². The minimum atomic E-state index is 0.586. The summed E-state index contributed by atoms with van der Waals surface area (Å²) in [6, 6.07) is 10.8. The third-order valence-electron chi connectivity index (χ3n) is 7.45. The Balaban J connectivity index is 1.20. The SMILES string of the molecule is S=C(CC12CC3CC(CC(C3)C1)C2)N1CCN(c2ccccc2)CC1. The lowest BCUT2D eigenvalue weighted by Gasteiger charge is -2.57. The van der Waals surface area contributed by atoms with E-state index in [2.05, 4.69) is 40.1 Å². The second kappa shape index (κ2) is 6.26. The molecule has 0 spiro atoms. The minimum Gasteiger partial charge on any atom is -0.368 e. The first kappa shape index (κ1) is 16.1. The maximum Gasteiger partial charge on any atom is 0.0786 e. The van der Waals surface area contributed by atoms with Crippen LogP contribution in [0.4, 0.5) is 5.69 Å². The molecule has 3 heteroatoms. The molecule has 25 heavy (non-hydrogen) atoms. The number of piperazine rings is 1. The van der Waals surface area contributed by atoms with Crippen molar-refractivity contribution in [2.75, 3.05) is 31.1 Å². The lowest BCUT2D eigenvalue weighted by atomic mass is 9.49. The van der Waals surface area contributed by atoms with Gasteiger partial charge in [0, 0.05) is 38.3 Å². The molecule has 2 nitrogen and oxygen atoms in total. The molecule has 4 saturated carbocycles. The molecule has 6 rings (SSSR count). The monoisotopic (exact) mass is 354 g/mol. The molecule has 0 radical (unpaired) electrons. The van der Waals surface area contributed by atoms with Gasteiger partial charge in [0.15, 0.2) is 0 Å². The van der Waals surface area contributed by atoms with E-state index in [4.69, 9.17) is 12.2 Å². The molecule has 1 heterocycles. The van der Waals surface area contributed by atoms with Gasteiger partial charge in [0.1, 0.15) is 0 Å². The number of rotatable bonds is 3. The van der Waals surface area contributed by atoms with Crippen molar-refractivity contribution in [1.82, 2.24) is 4.90 Å². The van der Waals surface area contributed by atoms with Crippen molar-refractivity contribution in [1.29, 1.82) is 0 Å². The molecular weight excluding hydrogens is 324 g/mol. The first-order valence-corrected chi connectivity index (χ1v) is 10.7. The molecule has 4 aliphatic carbocycles. The average Bonchev–Trinajstić information content (AvgIpc) is 2.61. The van der Waals surface area contributed by atoms with Crippen LogP contribution in [0.15, 0.2) is 30.3 Å². The predicted molar refractivity (Wildman–Crippen MR) is 108 cm³/mol. The summed E-state index contributed by atoms with van der Waals surface area (Å²) in [6.07, 6.45) is 10.2. The fourth-order valence-electron chi connectivity index (χ4n) is 6.79. The summed E-state index contributed by atoms with van der Waals surface area (Å²) in [5.74, 6) is 3.09. The van der Waals surface area contributed by atoms with Gasteiger partial charge < -0.3 is 9.80 Å². The van der Waals surface area contributed by atoms with Crippen molar-refractivity contribution in [2.45, 2.75) is 44.9 Å². The summed E-state index contributed by atoms with van der Waals surface area (Å²) in [4.78, 5) is 6.30. The third-order valence-corrected chi connectivity index (χ3v) is 7.85. The van der Waals surface area contributed by atoms with Gasteiger partial charge in [-0.3, -0.25) is 0 Å². The summed E-state index contributed by atoms with van der Waals surface area (Å²) in [6.45, 7) is 4.40. The number of hydrogen-bond donors (Lipinski definition) is 0. The molecule has 0 aromatic heterocycles. The van der Waals surface area contributed by atoms with E-state index in [9.17, 15) is 0 Å². The molecule has 1 aromatic rings. The zero-order chi connectivity index (χ0) is 16.9. The van der Waals surface area contributed by atoms with E-state index in [0.29, 0.717) is 5.41 Å². The van der Waals surface area contributed by atoms with Crippen molar-refractivity contribution in [3.8, 4) is 0 Å². The van der Waals surface area contributed by atoms with Crippen LogP contribution >= 0.6 is 12.2 Å². The second-order valence-electron chi connectivity index (χ2n) is 9.30. The summed E-state index contributed by atoms with van der Waals surface area (Å²) < 4.78 is 0. The van der Waals surface area contributed by atoms with Crippen LogP contribution in [0.3, 0.4) is 0 Å². The number of hydrogen-bond acceptors (Lipinski definition) is 2. The van der Waals surface area contributed by atoms with Crippen LogP contribution in [0, 0.1) is 23.2 Å². The lowest BCUT2D eigenvalue weighted by Crippen LogP contribution is -2.51. The third kappa shape index (κ3) is 3.09. The molecule has 1 saturated heterocycles. The van der Waals surface area contributed by atoms with Crippen LogP contribution in [0.5, 0.6) is 0 Å². The molecule has 0 amide bonds. The van der Waals surface area contributed by atoms with Crippen molar-refractivity contribution in [3.63, 3.8) is 0 Å². The smallest absolute Gasteiger partial charge is 0.0786 e. The first-order chi connectivity index (χ1) is 12.2. The van der Waals surface area contributed by atoms with Gasteiger partial charge in [-0.1, -0.05) is 30.4 Å². The van der Waals surface area contributed by atoms with E-state index in [1.54, 1.807) is 0 Å². The zero-order valence-corrected chi connectivity index (χ0v) is 16.0. The van der Waals surface area contributed by atoms with E-state index < -0.39 is 0 Å². The standard InChI is InChI=1S/C22H30N2S/c25-21(16-22-13-17-10-18(14-22)12-19(11-17)15-22)24-8-6-23(7-9-24)20-4-2-1-3-5-20/h1-5,17-19H,6-16H2. The first-order valence-electron chi connectivity index (χ1n) is 10.3. The maximum atomic E-state index is 5.97. The highest BCUT2D eigenvalue weighted by atomic mass is 32.1. The summed E-state index contributed by atoms with van der Waals surface area (Å²) in [7, 11) is 0. The van der Waals surface area contributed by atoms with Gasteiger partial charge in [0.25, 0.3) is 0 Å². The Kier molecular flexibility index (Phi) is 4.04. The second-order valence-corrected chi connectivity index (χ2v) is 9.77. The van der Waals surface area contributed by atoms with Crippen LogP contribution < -0.4 is 4.90 Å². The number of para-hydroxylation sites is 1.